The minimum atomic E-state index is -0.470. The van der Waals surface area contributed by atoms with E-state index < -0.39 is 5.82 Å². The lowest BCUT2D eigenvalue weighted by Gasteiger charge is -2.00. The molecule has 0 saturated heterocycles. The Morgan fingerprint density at radius 1 is 1.50 bits per heavy atom. The third-order valence-corrected chi connectivity index (χ3v) is 1.58. The zero-order chi connectivity index (χ0) is 8.97. The summed E-state index contributed by atoms with van der Waals surface area (Å²) in [4.78, 5) is 10.0. The minimum absolute atomic E-state index is 0.0862. The topological polar surface area (TPSA) is 37.3 Å². The molecule has 0 aliphatic carbocycles. The number of phenolic OH excluding ortho intramolecular Hbond substituents is 1. The Bertz CT molecular complexity index is 284. The van der Waals surface area contributed by atoms with Crippen LogP contribution in [0.5, 0.6) is 5.75 Å². The second-order valence-corrected chi connectivity index (χ2v) is 2.48. The van der Waals surface area contributed by atoms with Crippen molar-refractivity contribution in [1.82, 2.24) is 0 Å². The summed E-state index contributed by atoms with van der Waals surface area (Å²) in [5.41, 5.74) is 0.600. The Balaban J connectivity index is 2.78. The van der Waals surface area contributed by atoms with Crippen molar-refractivity contribution in [3.63, 3.8) is 0 Å². The van der Waals surface area contributed by atoms with Crippen molar-refractivity contribution in [3.05, 3.63) is 29.6 Å². The summed E-state index contributed by atoms with van der Waals surface area (Å²) in [5, 5.41) is 9.16. The zero-order valence-corrected chi connectivity index (χ0v) is 6.46. The highest BCUT2D eigenvalue weighted by molar-refractivity contribution is 5.50. The molecular formula is C9H9FO2. The Labute approximate surface area is 69.6 Å². The van der Waals surface area contributed by atoms with Crippen LogP contribution in [-0.4, -0.2) is 11.4 Å². The van der Waals surface area contributed by atoms with Gasteiger partial charge in [0.15, 0.2) is 0 Å². The van der Waals surface area contributed by atoms with Crippen molar-refractivity contribution in [1.29, 1.82) is 0 Å². The van der Waals surface area contributed by atoms with Gasteiger partial charge in [0.1, 0.15) is 17.9 Å². The van der Waals surface area contributed by atoms with E-state index in [9.17, 15) is 9.18 Å². The summed E-state index contributed by atoms with van der Waals surface area (Å²) in [5.74, 6) is -0.556. The van der Waals surface area contributed by atoms with Gasteiger partial charge < -0.3 is 9.90 Å². The van der Waals surface area contributed by atoms with Gasteiger partial charge in [-0.3, -0.25) is 0 Å². The van der Waals surface area contributed by atoms with E-state index in [-0.39, 0.29) is 5.75 Å². The summed E-state index contributed by atoms with van der Waals surface area (Å²) in [7, 11) is 0. The molecule has 12 heavy (non-hydrogen) atoms. The van der Waals surface area contributed by atoms with Gasteiger partial charge in [0.25, 0.3) is 0 Å². The van der Waals surface area contributed by atoms with Gasteiger partial charge in [-0.1, -0.05) is 6.07 Å². The average Bonchev–Trinajstić information content (AvgIpc) is 2.03. The molecular weight excluding hydrogens is 159 g/mol. The van der Waals surface area contributed by atoms with Gasteiger partial charge in [-0.15, -0.1) is 0 Å². The molecule has 2 nitrogen and oxygen atoms in total. The Hall–Kier alpha value is -1.38. The molecule has 0 atom stereocenters. The van der Waals surface area contributed by atoms with Crippen LogP contribution in [0, 0.1) is 5.82 Å². The molecule has 0 unspecified atom stereocenters. The van der Waals surface area contributed by atoms with E-state index in [1.807, 2.05) is 0 Å². The maximum atomic E-state index is 12.4. The van der Waals surface area contributed by atoms with Crippen molar-refractivity contribution in [2.45, 2.75) is 12.8 Å². The van der Waals surface area contributed by atoms with Gasteiger partial charge in [-0.25, -0.2) is 4.39 Å². The molecule has 0 aliphatic heterocycles. The molecule has 0 saturated carbocycles. The second kappa shape index (κ2) is 3.85. The summed E-state index contributed by atoms with van der Waals surface area (Å²) in [6, 6.07) is 3.79. The highest BCUT2D eigenvalue weighted by Gasteiger charge is 2.01. The molecule has 1 N–H and O–H groups in total. The Morgan fingerprint density at radius 2 is 2.25 bits per heavy atom. The lowest BCUT2D eigenvalue weighted by Crippen LogP contribution is -1.87. The Kier molecular flexibility index (Phi) is 2.80. The summed E-state index contributed by atoms with van der Waals surface area (Å²) >= 11 is 0. The van der Waals surface area contributed by atoms with Gasteiger partial charge in [-0.2, -0.15) is 0 Å². The lowest BCUT2D eigenvalue weighted by molar-refractivity contribution is -0.107. The number of carbonyl (C=O) groups is 1. The van der Waals surface area contributed by atoms with Crippen LogP contribution in [0.2, 0.25) is 0 Å². The molecule has 1 aromatic rings. The van der Waals surface area contributed by atoms with Crippen LogP contribution in [0.25, 0.3) is 0 Å². The molecule has 0 heterocycles. The maximum absolute atomic E-state index is 12.4. The highest BCUT2D eigenvalue weighted by atomic mass is 19.1. The number of aldehydes is 1. The summed E-state index contributed by atoms with van der Waals surface area (Å²) in [6.07, 6.45) is 1.57. The number of benzene rings is 1. The first-order valence-electron chi connectivity index (χ1n) is 3.65. The Morgan fingerprint density at radius 3 is 2.83 bits per heavy atom. The van der Waals surface area contributed by atoms with Gasteiger partial charge >= 0.3 is 0 Å². The minimum Gasteiger partial charge on any atom is -0.508 e. The molecule has 0 radical (unpaired) electrons. The molecule has 0 amide bonds. The monoisotopic (exact) mass is 168 g/mol. The number of phenols is 1. The van der Waals surface area contributed by atoms with Crippen LogP contribution in [0.1, 0.15) is 12.0 Å². The molecule has 64 valence electrons. The van der Waals surface area contributed by atoms with E-state index >= 15 is 0 Å². The number of rotatable bonds is 3. The first-order chi connectivity index (χ1) is 5.74. The molecule has 1 rings (SSSR count). The first-order valence-corrected chi connectivity index (χ1v) is 3.65. The largest absolute Gasteiger partial charge is 0.508 e. The fourth-order valence-corrected chi connectivity index (χ4v) is 0.963. The fraction of sp³-hybridized carbons (Fsp3) is 0.222. The second-order valence-electron chi connectivity index (χ2n) is 2.48. The number of hydrogen-bond donors (Lipinski definition) is 1. The third kappa shape index (κ3) is 2.05. The zero-order valence-electron chi connectivity index (χ0n) is 6.46. The van der Waals surface area contributed by atoms with Crippen molar-refractivity contribution < 1.29 is 14.3 Å². The number of aromatic hydroxyl groups is 1. The fourth-order valence-electron chi connectivity index (χ4n) is 0.963. The van der Waals surface area contributed by atoms with Crippen LogP contribution in [0.3, 0.4) is 0 Å². The van der Waals surface area contributed by atoms with Crippen molar-refractivity contribution in [2.75, 3.05) is 0 Å². The van der Waals surface area contributed by atoms with E-state index in [1.165, 1.54) is 12.1 Å². The SMILES string of the molecule is O=CCCc1ccc(F)cc1O. The maximum Gasteiger partial charge on any atom is 0.126 e. The predicted octanol–water partition coefficient (Wildman–Crippen LogP) is 1.66. The van der Waals surface area contributed by atoms with Gasteiger partial charge in [-0.05, 0) is 18.1 Å². The summed E-state index contributed by atoms with van der Waals surface area (Å²) in [6.45, 7) is 0. The van der Waals surface area contributed by atoms with Gasteiger partial charge in [0, 0.05) is 12.5 Å². The van der Waals surface area contributed by atoms with Crippen LogP contribution in [0.15, 0.2) is 18.2 Å². The average molecular weight is 168 g/mol. The molecule has 0 aromatic heterocycles. The first kappa shape index (κ1) is 8.71. The van der Waals surface area contributed by atoms with E-state index in [0.717, 1.165) is 12.4 Å². The number of aryl methyl sites for hydroxylation is 1. The number of hydrogen-bond acceptors (Lipinski definition) is 2. The van der Waals surface area contributed by atoms with Crippen LogP contribution < -0.4 is 0 Å². The van der Waals surface area contributed by atoms with E-state index in [2.05, 4.69) is 0 Å². The molecule has 3 heteroatoms. The van der Waals surface area contributed by atoms with Gasteiger partial charge in [0.2, 0.25) is 0 Å². The van der Waals surface area contributed by atoms with Crippen LogP contribution >= 0.6 is 0 Å². The van der Waals surface area contributed by atoms with Crippen LogP contribution in [0.4, 0.5) is 4.39 Å². The molecule has 0 spiro atoms. The number of carbonyl (C=O) groups excluding carboxylic acids is 1. The van der Waals surface area contributed by atoms with E-state index in [1.54, 1.807) is 0 Å². The smallest absolute Gasteiger partial charge is 0.126 e. The van der Waals surface area contributed by atoms with Crippen molar-refractivity contribution in [3.8, 4) is 5.75 Å². The predicted molar refractivity (Wildman–Crippen MR) is 42.4 cm³/mol. The quantitative estimate of drug-likeness (QED) is 0.697. The van der Waals surface area contributed by atoms with Crippen molar-refractivity contribution >= 4 is 6.29 Å². The third-order valence-electron chi connectivity index (χ3n) is 1.58. The standard InChI is InChI=1S/C9H9FO2/c10-8-4-3-7(2-1-5-11)9(12)6-8/h3-6,12H,1-2H2. The molecule has 0 fully saturated rings. The number of halogens is 1. The molecule has 0 bridgehead atoms. The lowest BCUT2D eigenvalue weighted by atomic mass is 10.1. The normalized spacial score (nSPS) is 9.75. The van der Waals surface area contributed by atoms with Crippen molar-refractivity contribution in [2.24, 2.45) is 0 Å². The van der Waals surface area contributed by atoms with E-state index in [0.29, 0.717) is 18.4 Å². The highest BCUT2D eigenvalue weighted by Crippen LogP contribution is 2.18. The molecule has 0 aliphatic rings. The van der Waals surface area contributed by atoms with E-state index in [4.69, 9.17) is 5.11 Å². The summed E-state index contributed by atoms with van der Waals surface area (Å²) < 4.78 is 12.4. The van der Waals surface area contributed by atoms with Gasteiger partial charge in [0.05, 0.1) is 0 Å². The van der Waals surface area contributed by atoms with Crippen LogP contribution in [-0.2, 0) is 11.2 Å². The molecule has 1 aromatic carbocycles.